The molecule has 0 aliphatic heterocycles. The molecule has 54 valence electrons. The lowest BCUT2D eigenvalue weighted by molar-refractivity contribution is 0.135. The zero-order chi connectivity index (χ0) is 7.11. The molecule has 0 aromatic rings. The van der Waals surface area contributed by atoms with Crippen LogP contribution in [0.4, 0.5) is 4.79 Å². The predicted molar refractivity (Wildman–Crippen MR) is 29.3 cm³/mol. The third-order valence-corrected chi connectivity index (χ3v) is 0.540. The summed E-state index contributed by atoms with van der Waals surface area (Å²) in [5.74, 6) is 4.63. The van der Waals surface area contributed by atoms with Gasteiger partial charge in [-0.05, 0) is 0 Å². The number of hydrazine groups is 1. The Balaban J connectivity index is 2.83. The minimum Gasteiger partial charge on any atom is -0.464 e. The van der Waals surface area contributed by atoms with E-state index in [1.54, 1.807) is 0 Å². The molecule has 0 rings (SSSR count). The number of carboxylic acid groups (broad SMARTS) is 1. The molecular weight excluding hydrogens is 126 g/mol. The van der Waals surface area contributed by atoms with Crippen LogP contribution in [0.5, 0.6) is 0 Å². The van der Waals surface area contributed by atoms with Gasteiger partial charge < -0.3 is 9.94 Å². The molecule has 0 aliphatic carbocycles. The molecule has 6 nitrogen and oxygen atoms in total. The lowest BCUT2D eigenvalue weighted by Crippen LogP contribution is -2.38. The van der Waals surface area contributed by atoms with E-state index in [0.717, 1.165) is 0 Å². The second kappa shape index (κ2) is 5.29. The van der Waals surface area contributed by atoms with Crippen molar-refractivity contribution in [2.24, 2.45) is 5.90 Å². The Morgan fingerprint density at radius 2 is 2.44 bits per heavy atom. The van der Waals surface area contributed by atoms with Gasteiger partial charge in [-0.15, -0.1) is 0 Å². The fourth-order valence-electron chi connectivity index (χ4n) is 0.248. The molecule has 0 aliphatic rings. The highest BCUT2D eigenvalue weighted by Crippen LogP contribution is 1.57. The average Bonchev–Trinajstić information content (AvgIpc) is 1.80. The van der Waals surface area contributed by atoms with Gasteiger partial charge in [0.2, 0.25) is 0 Å². The summed E-state index contributed by atoms with van der Waals surface area (Å²) in [6, 6.07) is 0. The van der Waals surface area contributed by atoms with E-state index >= 15 is 0 Å². The molecule has 0 heterocycles. The second-order valence-corrected chi connectivity index (χ2v) is 1.23. The van der Waals surface area contributed by atoms with Crippen molar-refractivity contribution in [2.75, 3.05) is 13.2 Å². The first kappa shape index (κ1) is 8.15. The van der Waals surface area contributed by atoms with Crippen molar-refractivity contribution in [3.05, 3.63) is 0 Å². The summed E-state index contributed by atoms with van der Waals surface area (Å²) in [5, 5.41) is 7.97. The van der Waals surface area contributed by atoms with E-state index in [0.29, 0.717) is 6.54 Å². The van der Waals surface area contributed by atoms with Crippen LogP contribution in [0.1, 0.15) is 0 Å². The Kier molecular flexibility index (Phi) is 4.79. The van der Waals surface area contributed by atoms with Gasteiger partial charge in [0.05, 0.1) is 6.61 Å². The smallest absolute Gasteiger partial charge is 0.419 e. The van der Waals surface area contributed by atoms with Crippen LogP contribution in [-0.2, 0) is 4.84 Å². The van der Waals surface area contributed by atoms with Crippen LogP contribution >= 0.6 is 0 Å². The normalized spacial score (nSPS) is 9.00. The molecule has 0 saturated heterocycles. The zero-order valence-corrected chi connectivity index (χ0v) is 4.76. The van der Waals surface area contributed by atoms with Gasteiger partial charge >= 0.3 is 6.09 Å². The van der Waals surface area contributed by atoms with E-state index in [4.69, 9.17) is 5.11 Å². The Morgan fingerprint density at radius 1 is 1.78 bits per heavy atom. The maximum Gasteiger partial charge on any atom is 0.419 e. The molecule has 5 N–H and O–H groups in total. The third kappa shape index (κ3) is 7.15. The molecule has 0 aromatic heterocycles. The molecule has 0 atom stereocenters. The van der Waals surface area contributed by atoms with Crippen LogP contribution in [0.3, 0.4) is 0 Å². The first-order valence-corrected chi connectivity index (χ1v) is 2.31. The van der Waals surface area contributed by atoms with Gasteiger partial charge in [-0.1, -0.05) is 0 Å². The van der Waals surface area contributed by atoms with Crippen LogP contribution in [-0.4, -0.2) is 24.4 Å². The van der Waals surface area contributed by atoms with Gasteiger partial charge in [0.1, 0.15) is 0 Å². The molecule has 0 bridgehead atoms. The standard InChI is InChI=1S/C3H9N3O3/c4-9-2-1-5-6-3(7)8/h5-6H,1-2,4H2,(H,7,8). The summed E-state index contributed by atoms with van der Waals surface area (Å²) < 4.78 is 0. The number of rotatable bonds is 4. The van der Waals surface area contributed by atoms with Gasteiger partial charge in [0.25, 0.3) is 0 Å². The number of nitrogens with one attached hydrogen (secondary N) is 2. The number of hydrogen-bond donors (Lipinski definition) is 4. The van der Waals surface area contributed by atoms with Crippen molar-refractivity contribution in [1.82, 2.24) is 10.9 Å². The second-order valence-electron chi connectivity index (χ2n) is 1.23. The van der Waals surface area contributed by atoms with Crippen molar-refractivity contribution in [3.63, 3.8) is 0 Å². The Bertz CT molecular complexity index is 86.4. The minimum atomic E-state index is -1.13. The summed E-state index contributed by atoms with van der Waals surface area (Å²) in [4.78, 5) is 13.8. The third-order valence-electron chi connectivity index (χ3n) is 0.540. The molecule has 0 aromatic carbocycles. The molecule has 0 saturated carbocycles. The SMILES string of the molecule is NOCCNNC(=O)O. The number of nitrogens with two attached hydrogens (primary N) is 1. The summed E-state index contributed by atoms with van der Waals surface area (Å²) >= 11 is 0. The first-order valence-electron chi connectivity index (χ1n) is 2.31. The van der Waals surface area contributed by atoms with Crippen LogP contribution in [0.2, 0.25) is 0 Å². The van der Waals surface area contributed by atoms with Crippen molar-refractivity contribution in [3.8, 4) is 0 Å². The monoisotopic (exact) mass is 135 g/mol. The summed E-state index contributed by atoms with van der Waals surface area (Å²) in [5.41, 5.74) is 4.24. The molecule has 6 heteroatoms. The molecule has 0 radical (unpaired) electrons. The average molecular weight is 135 g/mol. The first-order chi connectivity index (χ1) is 4.27. The minimum absolute atomic E-state index is 0.264. The van der Waals surface area contributed by atoms with Gasteiger partial charge in [-0.25, -0.2) is 16.1 Å². The zero-order valence-electron chi connectivity index (χ0n) is 4.76. The number of hydrogen-bond acceptors (Lipinski definition) is 4. The predicted octanol–water partition coefficient (Wildman–Crippen LogP) is -1.35. The van der Waals surface area contributed by atoms with E-state index in [-0.39, 0.29) is 6.61 Å². The van der Waals surface area contributed by atoms with Gasteiger partial charge in [0.15, 0.2) is 0 Å². The van der Waals surface area contributed by atoms with E-state index in [1.165, 1.54) is 0 Å². The fraction of sp³-hybridized carbons (Fsp3) is 0.667. The molecule has 0 unspecified atom stereocenters. The fourth-order valence-corrected chi connectivity index (χ4v) is 0.248. The van der Waals surface area contributed by atoms with Crippen LogP contribution in [0.15, 0.2) is 0 Å². The van der Waals surface area contributed by atoms with Crippen LogP contribution < -0.4 is 16.7 Å². The van der Waals surface area contributed by atoms with Crippen molar-refractivity contribution < 1.29 is 14.7 Å². The number of carbonyl (C=O) groups is 1. The van der Waals surface area contributed by atoms with E-state index < -0.39 is 6.09 Å². The molecule has 1 amide bonds. The topological polar surface area (TPSA) is 96.6 Å². The quantitative estimate of drug-likeness (QED) is 0.282. The summed E-state index contributed by atoms with van der Waals surface area (Å²) in [6.07, 6.45) is -1.13. The van der Waals surface area contributed by atoms with Crippen LogP contribution in [0, 0.1) is 0 Å². The van der Waals surface area contributed by atoms with E-state index in [2.05, 4.69) is 16.2 Å². The summed E-state index contributed by atoms with van der Waals surface area (Å²) in [7, 11) is 0. The molecular formula is C3H9N3O3. The van der Waals surface area contributed by atoms with Gasteiger partial charge in [-0.3, -0.25) is 5.43 Å². The van der Waals surface area contributed by atoms with E-state index in [9.17, 15) is 4.79 Å². The highest BCUT2D eigenvalue weighted by molar-refractivity contribution is 5.63. The molecule has 0 fully saturated rings. The van der Waals surface area contributed by atoms with E-state index in [1.807, 2.05) is 5.43 Å². The highest BCUT2D eigenvalue weighted by atomic mass is 16.6. The highest BCUT2D eigenvalue weighted by Gasteiger charge is 1.89. The Hall–Kier alpha value is -0.850. The Morgan fingerprint density at radius 3 is 2.89 bits per heavy atom. The molecule has 0 spiro atoms. The maximum atomic E-state index is 9.72. The van der Waals surface area contributed by atoms with Crippen molar-refractivity contribution in [1.29, 1.82) is 0 Å². The maximum absolute atomic E-state index is 9.72. The largest absolute Gasteiger partial charge is 0.464 e. The lowest BCUT2D eigenvalue weighted by Gasteiger charge is -2.00. The molecule has 9 heavy (non-hydrogen) atoms. The Labute approximate surface area is 51.9 Å². The number of amides is 1. The van der Waals surface area contributed by atoms with Crippen molar-refractivity contribution >= 4 is 6.09 Å². The lowest BCUT2D eigenvalue weighted by atomic mass is 10.7. The van der Waals surface area contributed by atoms with Crippen LogP contribution in [0.25, 0.3) is 0 Å². The van der Waals surface area contributed by atoms with Crippen molar-refractivity contribution in [2.45, 2.75) is 0 Å². The van der Waals surface area contributed by atoms with Gasteiger partial charge in [-0.2, -0.15) is 0 Å². The van der Waals surface area contributed by atoms with Gasteiger partial charge in [0, 0.05) is 6.54 Å². The summed E-state index contributed by atoms with van der Waals surface area (Å²) in [6.45, 7) is 0.614.